The molecule has 0 N–H and O–H groups in total. The number of carbonyl (C=O) groups excluding carboxylic acids is 2. The number of hydrogen-bond acceptors (Lipinski definition) is 7. The quantitative estimate of drug-likeness (QED) is 0.788. The average Bonchev–Trinajstić information content (AvgIpc) is 2.98. The first-order chi connectivity index (χ1) is 10.1. The first-order valence-electron chi connectivity index (χ1n) is 5.99. The van der Waals surface area contributed by atoms with E-state index in [1.165, 1.54) is 37.7 Å². The molecule has 1 aromatic rings. The maximum atomic E-state index is 11.8. The summed E-state index contributed by atoms with van der Waals surface area (Å²) in [7, 11) is 4.17. The van der Waals surface area contributed by atoms with E-state index < -0.39 is 11.9 Å². The zero-order valence-corrected chi connectivity index (χ0v) is 13.4. The Morgan fingerprint density at radius 1 is 0.905 bits per heavy atom. The number of esters is 2. The SMILES string of the molecule is COC(=O)C1=C(C(=O)OC)SC(c2ccc(OC)cc2)S1. The second kappa shape index (κ2) is 6.91. The zero-order chi connectivity index (χ0) is 15.4. The van der Waals surface area contributed by atoms with Gasteiger partial charge in [-0.2, -0.15) is 0 Å². The highest BCUT2D eigenvalue weighted by Crippen LogP contribution is 2.55. The van der Waals surface area contributed by atoms with E-state index in [1.807, 2.05) is 24.3 Å². The fourth-order valence-corrected chi connectivity index (χ4v) is 4.52. The maximum Gasteiger partial charge on any atom is 0.345 e. The number of ether oxygens (including phenoxy) is 3. The van der Waals surface area contributed by atoms with E-state index in [0.29, 0.717) is 0 Å². The highest BCUT2D eigenvalue weighted by atomic mass is 32.2. The van der Waals surface area contributed by atoms with Crippen molar-refractivity contribution in [2.75, 3.05) is 21.3 Å². The van der Waals surface area contributed by atoms with E-state index in [2.05, 4.69) is 0 Å². The summed E-state index contributed by atoms with van der Waals surface area (Å²) in [4.78, 5) is 24.1. The lowest BCUT2D eigenvalue weighted by Crippen LogP contribution is -2.08. The fourth-order valence-electron chi connectivity index (χ4n) is 1.71. The van der Waals surface area contributed by atoms with E-state index in [-0.39, 0.29) is 14.4 Å². The molecule has 0 aliphatic carbocycles. The van der Waals surface area contributed by atoms with Crippen molar-refractivity contribution in [3.63, 3.8) is 0 Å². The van der Waals surface area contributed by atoms with Crippen LogP contribution in [0.4, 0.5) is 0 Å². The van der Waals surface area contributed by atoms with Crippen molar-refractivity contribution in [2.24, 2.45) is 0 Å². The fraction of sp³-hybridized carbons (Fsp3) is 0.286. The number of methoxy groups -OCH3 is 3. The number of hydrogen-bond donors (Lipinski definition) is 0. The van der Waals surface area contributed by atoms with Crippen molar-refractivity contribution in [1.82, 2.24) is 0 Å². The number of rotatable bonds is 4. The molecule has 0 amide bonds. The summed E-state index contributed by atoms with van der Waals surface area (Å²) in [6.45, 7) is 0. The van der Waals surface area contributed by atoms with Gasteiger partial charge in [-0.05, 0) is 17.7 Å². The van der Waals surface area contributed by atoms with Gasteiger partial charge in [-0.1, -0.05) is 35.7 Å². The molecule has 0 saturated heterocycles. The molecule has 1 heterocycles. The highest BCUT2D eigenvalue weighted by Gasteiger charge is 2.35. The lowest BCUT2D eigenvalue weighted by Gasteiger charge is -2.10. The van der Waals surface area contributed by atoms with Gasteiger partial charge in [0.05, 0.1) is 25.9 Å². The molecule has 0 saturated carbocycles. The van der Waals surface area contributed by atoms with Crippen molar-refractivity contribution in [3.05, 3.63) is 39.6 Å². The minimum absolute atomic E-state index is 0.0980. The normalized spacial score (nSPS) is 15.0. The average molecular weight is 326 g/mol. The van der Waals surface area contributed by atoms with Crippen LogP contribution in [0, 0.1) is 0 Å². The predicted octanol–water partition coefficient (Wildman–Crippen LogP) is 2.73. The summed E-state index contributed by atoms with van der Waals surface area (Å²) in [6.07, 6.45) is 0. The number of carbonyl (C=O) groups is 2. The van der Waals surface area contributed by atoms with Crippen molar-refractivity contribution in [1.29, 1.82) is 0 Å². The molecule has 7 heteroatoms. The van der Waals surface area contributed by atoms with Gasteiger partial charge in [0, 0.05) is 0 Å². The Morgan fingerprint density at radius 3 is 1.76 bits per heavy atom. The van der Waals surface area contributed by atoms with Crippen LogP contribution in [0.1, 0.15) is 10.1 Å². The molecule has 1 aliphatic rings. The van der Waals surface area contributed by atoms with Crippen LogP contribution in [0.15, 0.2) is 34.1 Å². The van der Waals surface area contributed by atoms with Gasteiger partial charge >= 0.3 is 11.9 Å². The molecule has 0 bridgehead atoms. The lowest BCUT2D eigenvalue weighted by atomic mass is 10.2. The van der Waals surface area contributed by atoms with E-state index in [0.717, 1.165) is 11.3 Å². The molecule has 0 spiro atoms. The second-order valence-electron chi connectivity index (χ2n) is 3.98. The molecule has 0 radical (unpaired) electrons. The molecule has 0 aromatic heterocycles. The number of benzene rings is 1. The van der Waals surface area contributed by atoms with Gasteiger partial charge in [-0.3, -0.25) is 0 Å². The van der Waals surface area contributed by atoms with Crippen molar-refractivity contribution >= 4 is 35.5 Å². The van der Waals surface area contributed by atoms with Crippen LogP contribution in [-0.2, 0) is 19.1 Å². The molecule has 1 aromatic carbocycles. The van der Waals surface area contributed by atoms with Crippen LogP contribution in [-0.4, -0.2) is 33.3 Å². The first kappa shape index (κ1) is 15.8. The van der Waals surface area contributed by atoms with E-state index in [1.54, 1.807) is 7.11 Å². The Hall–Kier alpha value is -1.60. The van der Waals surface area contributed by atoms with Gasteiger partial charge < -0.3 is 14.2 Å². The van der Waals surface area contributed by atoms with Gasteiger partial charge in [-0.25, -0.2) is 9.59 Å². The summed E-state index contributed by atoms with van der Waals surface area (Å²) in [5.74, 6) is -0.297. The van der Waals surface area contributed by atoms with E-state index in [9.17, 15) is 9.59 Å². The summed E-state index contributed by atoms with van der Waals surface area (Å²) in [6, 6.07) is 7.48. The third-order valence-electron chi connectivity index (χ3n) is 2.79. The predicted molar refractivity (Wildman–Crippen MR) is 82.0 cm³/mol. The Bertz CT molecular complexity index is 552. The minimum Gasteiger partial charge on any atom is -0.497 e. The molecule has 112 valence electrons. The van der Waals surface area contributed by atoms with Gasteiger partial charge in [0.2, 0.25) is 0 Å². The van der Waals surface area contributed by atoms with Crippen molar-refractivity contribution in [3.8, 4) is 5.75 Å². The van der Waals surface area contributed by atoms with Crippen LogP contribution in [0.3, 0.4) is 0 Å². The Kier molecular flexibility index (Phi) is 5.19. The molecular weight excluding hydrogens is 312 g/mol. The standard InChI is InChI=1S/C14H14O5S2/c1-17-9-6-4-8(5-7-9)14-20-10(12(15)18-2)11(21-14)13(16)19-3/h4-7,14H,1-3H3. The van der Waals surface area contributed by atoms with Crippen molar-refractivity contribution < 1.29 is 23.8 Å². The second-order valence-corrected chi connectivity index (χ2v) is 6.51. The summed E-state index contributed by atoms with van der Waals surface area (Å²) in [5.41, 5.74) is 0.978. The summed E-state index contributed by atoms with van der Waals surface area (Å²) in [5, 5.41) is 0. The van der Waals surface area contributed by atoms with Crippen LogP contribution in [0.2, 0.25) is 0 Å². The molecular formula is C14H14O5S2. The van der Waals surface area contributed by atoms with Crippen LogP contribution in [0.5, 0.6) is 5.75 Å². The smallest absolute Gasteiger partial charge is 0.345 e. The molecule has 0 unspecified atom stereocenters. The zero-order valence-electron chi connectivity index (χ0n) is 11.7. The maximum absolute atomic E-state index is 11.8. The van der Waals surface area contributed by atoms with Gasteiger partial charge in [0.1, 0.15) is 15.6 Å². The molecule has 5 nitrogen and oxygen atoms in total. The third kappa shape index (κ3) is 3.36. The van der Waals surface area contributed by atoms with E-state index >= 15 is 0 Å². The Morgan fingerprint density at radius 2 is 1.38 bits per heavy atom. The monoisotopic (exact) mass is 326 g/mol. The summed E-state index contributed by atoms with van der Waals surface area (Å²) < 4.78 is 14.5. The lowest BCUT2D eigenvalue weighted by molar-refractivity contribution is -0.138. The van der Waals surface area contributed by atoms with Crippen LogP contribution < -0.4 is 4.74 Å². The molecule has 0 fully saturated rings. The molecule has 1 aliphatic heterocycles. The number of thioether (sulfide) groups is 2. The first-order valence-corrected chi connectivity index (χ1v) is 7.74. The van der Waals surface area contributed by atoms with Crippen LogP contribution in [0.25, 0.3) is 0 Å². The summed E-state index contributed by atoms with van der Waals surface area (Å²) >= 11 is 2.58. The highest BCUT2D eigenvalue weighted by molar-refractivity contribution is 8.23. The molecule has 2 rings (SSSR count). The largest absolute Gasteiger partial charge is 0.497 e. The molecule has 21 heavy (non-hydrogen) atoms. The van der Waals surface area contributed by atoms with Crippen molar-refractivity contribution in [2.45, 2.75) is 4.58 Å². The minimum atomic E-state index is -0.524. The Labute approximate surface area is 131 Å². The van der Waals surface area contributed by atoms with Gasteiger partial charge in [-0.15, -0.1) is 0 Å². The van der Waals surface area contributed by atoms with Gasteiger partial charge in [0.15, 0.2) is 0 Å². The van der Waals surface area contributed by atoms with Gasteiger partial charge in [0.25, 0.3) is 0 Å². The van der Waals surface area contributed by atoms with Crippen LogP contribution >= 0.6 is 23.5 Å². The third-order valence-corrected chi connectivity index (χ3v) is 5.68. The molecule has 0 atom stereocenters. The van der Waals surface area contributed by atoms with E-state index in [4.69, 9.17) is 14.2 Å². The Balaban J connectivity index is 2.24. The topological polar surface area (TPSA) is 61.8 Å².